The summed E-state index contributed by atoms with van der Waals surface area (Å²) in [5.74, 6) is -1.12. The van der Waals surface area contributed by atoms with Crippen molar-refractivity contribution in [3.05, 3.63) is 155 Å². The number of benzene rings is 5. The van der Waals surface area contributed by atoms with Crippen LogP contribution >= 0.6 is 0 Å². The number of nitrogens with zero attached hydrogens (tertiary/aromatic N) is 3. The van der Waals surface area contributed by atoms with Gasteiger partial charge in [-0.15, -0.1) is 0 Å². The monoisotopic (exact) mass is 1530 g/mol. The van der Waals surface area contributed by atoms with Crippen LogP contribution in [-0.2, 0) is 81.3 Å². The summed E-state index contributed by atoms with van der Waals surface area (Å²) in [5, 5.41) is 42.3. The van der Waals surface area contributed by atoms with Gasteiger partial charge >= 0.3 is 48.2 Å². The summed E-state index contributed by atoms with van der Waals surface area (Å²) < 4.78 is 35.6. The van der Waals surface area contributed by atoms with Gasteiger partial charge in [0.1, 0.15) is 70.3 Å². The Hall–Kier alpha value is -11.7. The number of likely N-dealkylation sites (tertiary alicyclic amines) is 3. The van der Waals surface area contributed by atoms with Gasteiger partial charge in [-0.2, -0.15) is 19.2 Å². The number of aldehydes is 1. The van der Waals surface area contributed by atoms with Gasteiger partial charge in [0, 0.05) is 64.1 Å². The smallest absolute Gasteiger partial charge is 0.411 e. The number of ether oxygens (including phenoxy) is 7. The topological polar surface area (TPSA) is 418 Å². The molecule has 9 atom stereocenters. The number of hydrogen-bond acceptors (Lipinski definition) is 24. The van der Waals surface area contributed by atoms with Gasteiger partial charge < -0.3 is 74.0 Å². The number of nitrogens with one attached hydrogen (secondary N) is 2. The van der Waals surface area contributed by atoms with E-state index in [4.69, 9.17) is 62.5 Å². The highest BCUT2D eigenvalue weighted by Gasteiger charge is 2.56. The molecule has 4 saturated heterocycles. The Morgan fingerprint density at radius 3 is 1.42 bits per heavy atom. The molecular weight excluding hydrogens is 1430 g/mol. The lowest BCUT2D eigenvalue weighted by Gasteiger charge is -2.39. The van der Waals surface area contributed by atoms with E-state index in [1.165, 1.54) is 43.8 Å². The maximum absolute atomic E-state index is 12.8. The fraction of sp³-hybridized carbons (Fsp3) is 0.450. The summed E-state index contributed by atoms with van der Waals surface area (Å²) in [4.78, 5) is 152. The van der Waals surface area contributed by atoms with Gasteiger partial charge in [-0.25, -0.2) is 24.0 Å². The molecular formula is C80H103N5O25. The van der Waals surface area contributed by atoms with Crippen molar-refractivity contribution in [3.63, 3.8) is 0 Å². The van der Waals surface area contributed by atoms with Crippen LogP contribution in [0.4, 0.5) is 4.79 Å². The van der Waals surface area contributed by atoms with E-state index in [1.807, 2.05) is 86.6 Å². The second-order valence-corrected chi connectivity index (χ2v) is 25.7. The summed E-state index contributed by atoms with van der Waals surface area (Å²) in [7, 11) is 6.14. The molecule has 6 N–H and O–H groups in total. The van der Waals surface area contributed by atoms with Crippen LogP contribution in [0.3, 0.4) is 0 Å². The van der Waals surface area contributed by atoms with Crippen LogP contribution < -0.4 is 24.8 Å². The molecule has 4 fully saturated rings. The first-order chi connectivity index (χ1) is 52.3. The van der Waals surface area contributed by atoms with E-state index in [-0.39, 0.29) is 77.1 Å². The molecule has 4 aliphatic heterocycles. The number of amides is 4. The van der Waals surface area contributed by atoms with Gasteiger partial charge in [0.15, 0.2) is 0 Å². The number of phenols is 2. The number of hydrogen-bond donors (Lipinski definition) is 6. The lowest BCUT2D eigenvalue weighted by molar-refractivity contribution is -0.193. The summed E-state index contributed by atoms with van der Waals surface area (Å²) in [6, 6.07) is 33.4. The predicted molar refractivity (Wildman–Crippen MR) is 398 cm³/mol. The van der Waals surface area contributed by atoms with Gasteiger partial charge in [0.05, 0.1) is 41.7 Å². The van der Waals surface area contributed by atoms with E-state index in [9.17, 15) is 58.2 Å². The van der Waals surface area contributed by atoms with Gasteiger partial charge in [-0.3, -0.25) is 28.9 Å². The van der Waals surface area contributed by atoms with Crippen LogP contribution in [0.1, 0.15) is 159 Å². The Labute approximate surface area is 640 Å². The zero-order chi connectivity index (χ0) is 82.8. The minimum absolute atomic E-state index is 0.00287. The lowest BCUT2D eigenvalue weighted by atomic mass is 9.78. The quantitative estimate of drug-likeness (QED) is 0.0194. The Kier molecular flexibility index (Phi) is 41.6. The molecule has 4 aliphatic rings. The molecule has 5 aromatic rings. The Balaban J connectivity index is 0.000000448. The summed E-state index contributed by atoms with van der Waals surface area (Å²) in [6.45, 7) is 19.8. The Morgan fingerprint density at radius 2 is 1.03 bits per heavy atom. The van der Waals surface area contributed by atoms with Crippen LogP contribution in [0, 0.1) is 0 Å². The minimum Gasteiger partial charge on any atom is -0.508 e. The van der Waals surface area contributed by atoms with Gasteiger partial charge in [-0.05, 0) is 174 Å². The summed E-state index contributed by atoms with van der Waals surface area (Å²) >= 11 is 0. The highest BCUT2D eigenvalue weighted by atomic mass is 16.6. The van der Waals surface area contributed by atoms with Crippen molar-refractivity contribution < 1.29 is 121 Å². The third kappa shape index (κ3) is 29.1. The Morgan fingerprint density at radius 1 is 0.582 bits per heavy atom. The molecule has 598 valence electrons. The first-order valence-electron chi connectivity index (χ1n) is 35.3. The molecule has 110 heavy (non-hydrogen) atoms. The third-order valence-corrected chi connectivity index (χ3v) is 17.8. The van der Waals surface area contributed by atoms with Gasteiger partial charge in [0.2, 0.25) is 17.7 Å². The Bertz CT molecular complexity index is 3820. The van der Waals surface area contributed by atoms with Crippen molar-refractivity contribution in [2.24, 2.45) is 0 Å². The zero-order valence-corrected chi connectivity index (χ0v) is 64.6. The second kappa shape index (κ2) is 48.5. The van der Waals surface area contributed by atoms with Crippen LogP contribution in [0.15, 0.2) is 127 Å². The average Bonchev–Trinajstić information content (AvgIpc) is 1.60. The molecule has 0 saturated carbocycles. The number of rotatable bonds is 19. The van der Waals surface area contributed by atoms with E-state index >= 15 is 0 Å². The molecule has 0 bridgehead atoms. The van der Waals surface area contributed by atoms with Crippen LogP contribution in [0.2, 0.25) is 0 Å². The van der Waals surface area contributed by atoms with Crippen molar-refractivity contribution in [3.8, 4) is 28.7 Å². The standard InChI is InChI=1S/C18H25NO4.C17H23NO5.C14H17NO4.C11H13NO3.C10H10O2.C8H15NO3.2CO2/c1-5-18(17(21)23-6-2)16(11-12-19(18)13(3)20)14-7-9-15(22-4)10-8-14;1-17(2,3)23-16(21)18-10-9-13(14(18)15(20)22-4)11-5-7-12(19)8-6-11;1-9(16)15-8-7-12(13(15)14(17)18)10-3-5-11(19-2)6-4-10;13-8-3-1-7(2-4-8)9-5-6-12-10(9)11(14)15;1-12-10-6-4-9(5-7-10)3-2-8-11;1-4-7(9-6(3)10)8(11)12-5-2;2*2-1-3/h7-10,16H,5-6,11-12H2,1-4H3;5-8,13-14,19H,9-10H2,1-4H3;3-6,12-13H,7-8H2,1-2H3,(H,17,18);1-4,9-10,12-13H,5-6H2,(H,14,15);2-8H,1H3;7H,4-5H2,1-3H3,(H,9,10);;/b;;;;3-2+;;;/t;13?,14-;12?,13-;9?,10-;;;;/m.000..../s1. The minimum atomic E-state index is -0.950. The number of carboxylic acid groups (broad SMARTS) is 2. The molecule has 6 unspecified atom stereocenters. The van der Waals surface area contributed by atoms with Crippen molar-refractivity contribution in [1.29, 1.82) is 0 Å². The summed E-state index contributed by atoms with van der Waals surface area (Å²) in [5.41, 5.74) is 3.24. The molecule has 0 aromatic heterocycles. The van der Waals surface area contributed by atoms with Gasteiger partial charge in [-0.1, -0.05) is 80.6 Å². The van der Waals surface area contributed by atoms with Crippen molar-refractivity contribution in [2.45, 2.75) is 167 Å². The number of carbonyl (C=O) groups excluding carboxylic acids is 12. The largest absolute Gasteiger partial charge is 0.508 e. The number of aromatic hydroxyl groups is 2. The molecule has 0 radical (unpaired) electrons. The number of allylic oxidation sites excluding steroid dienone is 1. The molecule has 4 amide bonds. The van der Waals surface area contributed by atoms with Crippen LogP contribution in [-0.4, -0.2) is 211 Å². The average molecular weight is 1530 g/mol. The van der Waals surface area contributed by atoms with Crippen LogP contribution in [0.5, 0.6) is 28.7 Å². The van der Waals surface area contributed by atoms with Crippen molar-refractivity contribution in [2.75, 3.05) is 67.8 Å². The maximum atomic E-state index is 12.8. The lowest BCUT2D eigenvalue weighted by Crippen LogP contribution is -2.55. The highest BCUT2D eigenvalue weighted by Crippen LogP contribution is 2.46. The second-order valence-electron chi connectivity index (χ2n) is 25.7. The van der Waals surface area contributed by atoms with Crippen molar-refractivity contribution in [1.82, 2.24) is 25.3 Å². The number of carboxylic acids is 2. The number of esters is 3. The fourth-order valence-electron chi connectivity index (χ4n) is 12.9. The number of carbonyl (C=O) groups is 10. The number of phenolic OH excluding ortho intramolecular Hbond substituents is 2. The summed E-state index contributed by atoms with van der Waals surface area (Å²) in [6.07, 6.45) is 7.89. The molecule has 9 rings (SSSR count). The first-order valence-corrected chi connectivity index (χ1v) is 35.3. The maximum Gasteiger partial charge on any atom is 0.411 e. The number of aliphatic carboxylic acids is 2. The third-order valence-electron chi connectivity index (χ3n) is 17.8. The van der Waals surface area contributed by atoms with Crippen molar-refractivity contribution >= 4 is 78.3 Å². The number of methoxy groups -OCH3 is 4. The fourth-order valence-corrected chi connectivity index (χ4v) is 12.9. The highest BCUT2D eigenvalue weighted by molar-refractivity contribution is 5.90. The van der Waals surface area contributed by atoms with E-state index in [1.54, 1.807) is 115 Å². The molecule has 0 spiro atoms. The molecule has 30 heteroatoms. The van der Waals surface area contributed by atoms with E-state index < -0.39 is 59.3 Å². The zero-order valence-electron chi connectivity index (χ0n) is 64.6. The molecule has 0 aliphatic carbocycles. The van der Waals surface area contributed by atoms with E-state index in [2.05, 4.69) is 10.6 Å². The molecule has 4 heterocycles. The van der Waals surface area contributed by atoms with E-state index in [0.717, 1.165) is 70.7 Å². The normalized spacial score (nSPS) is 19.2. The SMILES string of the molecule is CCOC(=O)C(CC)NC(C)=O.CCOC(=O)C1(CC)C(c2ccc(OC)cc2)CCN1C(C)=O.COC(=O)[C@@H]1C(c2ccc(O)cc2)CCN1C(=O)OC(C)(C)C.COc1ccc(/C=C/C=O)cc1.COc1ccc(C2CCN(C(C)=O)[C@@H]2C(=O)O)cc1.O=C(O)[C@H]1NCCC1c1ccc(O)cc1.O=C=O.O=C=O. The van der Waals surface area contributed by atoms with E-state index in [0.29, 0.717) is 58.5 Å². The molecule has 30 nitrogen and oxygen atoms in total. The van der Waals surface area contributed by atoms with Crippen LogP contribution in [0.25, 0.3) is 6.08 Å². The molecule has 5 aromatic carbocycles. The predicted octanol–water partition coefficient (Wildman–Crippen LogP) is 9.01. The first kappa shape index (κ1) is 94.3. The van der Waals surface area contributed by atoms with Gasteiger partial charge in [0.25, 0.3) is 0 Å².